The highest BCUT2D eigenvalue weighted by Crippen LogP contribution is 2.18. The summed E-state index contributed by atoms with van der Waals surface area (Å²) in [4.78, 5) is 25.1. The van der Waals surface area contributed by atoms with Crippen LogP contribution in [0, 0.1) is 11.8 Å². The molecule has 1 amide bonds. The zero-order chi connectivity index (χ0) is 12.3. The van der Waals surface area contributed by atoms with Crippen LogP contribution in [0.3, 0.4) is 0 Å². The Kier molecular flexibility index (Phi) is 4.12. The van der Waals surface area contributed by atoms with Gasteiger partial charge < -0.3 is 10.5 Å². The summed E-state index contributed by atoms with van der Waals surface area (Å²) in [5, 5.41) is 0. The summed E-state index contributed by atoms with van der Waals surface area (Å²) >= 11 is 0. The SMILES string of the molecule is NC(=O)C1CCCN(CC(=O)C2CCOC2)C1. The molecule has 0 aromatic rings. The minimum absolute atomic E-state index is 0.0592. The fourth-order valence-corrected chi connectivity index (χ4v) is 2.57. The number of piperidine rings is 1. The van der Waals surface area contributed by atoms with E-state index < -0.39 is 0 Å². The predicted octanol–water partition coefficient (Wildman–Crippen LogP) is -0.211. The molecule has 96 valence electrons. The molecule has 0 aliphatic carbocycles. The van der Waals surface area contributed by atoms with Crippen LogP contribution in [0.15, 0.2) is 0 Å². The Labute approximate surface area is 101 Å². The van der Waals surface area contributed by atoms with Crippen molar-refractivity contribution in [2.75, 3.05) is 32.8 Å². The Morgan fingerprint density at radius 1 is 1.29 bits per heavy atom. The van der Waals surface area contributed by atoms with E-state index in [0.29, 0.717) is 26.3 Å². The summed E-state index contributed by atoms with van der Waals surface area (Å²) in [6, 6.07) is 0. The van der Waals surface area contributed by atoms with E-state index in [2.05, 4.69) is 4.90 Å². The number of nitrogens with zero attached hydrogens (tertiary/aromatic N) is 1. The second-order valence-corrected chi connectivity index (χ2v) is 5.00. The molecule has 2 rings (SSSR count). The first-order valence-corrected chi connectivity index (χ1v) is 6.29. The van der Waals surface area contributed by atoms with Crippen LogP contribution < -0.4 is 5.73 Å². The zero-order valence-corrected chi connectivity index (χ0v) is 10.1. The van der Waals surface area contributed by atoms with E-state index in [1.807, 2.05) is 0 Å². The molecular formula is C12H20N2O3. The number of ketones is 1. The molecule has 0 spiro atoms. The molecule has 0 bridgehead atoms. The number of amides is 1. The molecular weight excluding hydrogens is 220 g/mol. The van der Waals surface area contributed by atoms with Crippen molar-refractivity contribution in [3.63, 3.8) is 0 Å². The van der Waals surface area contributed by atoms with Crippen LogP contribution in [-0.2, 0) is 14.3 Å². The van der Waals surface area contributed by atoms with Crippen LogP contribution in [0.1, 0.15) is 19.3 Å². The monoisotopic (exact) mass is 240 g/mol. The van der Waals surface area contributed by atoms with Gasteiger partial charge in [-0.2, -0.15) is 0 Å². The number of nitrogens with two attached hydrogens (primary N) is 1. The van der Waals surface area contributed by atoms with E-state index in [1.165, 1.54) is 0 Å². The van der Waals surface area contributed by atoms with E-state index in [1.54, 1.807) is 0 Å². The third kappa shape index (κ3) is 3.26. The highest BCUT2D eigenvalue weighted by atomic mass is 16.5. The smallest absolute Gasteiger partial charge is 0.221 e. The first kappa shape index (κ1) is 12.5. The van der Waals surface area contributed by atoms with E-state index in [4.69, 9.17) is 10.5 Å². The molecule has 2 unspecified atom stereocenters. The molecule has 0 radical (unpaired) electrons. The number of hydrogen-bond donors (Lipinski definition) is 1. The molecule has 2 aliphatic heterocycles. The summed E-state index contributed by atoms with van der Waals surface area (Å²) in [5.74, 6) is -0.0284. The van der Waals surface area contributed by atoms with Crippen LogP contribution in [0.5, 0.6) is 0 Å². The number of likely N-dealkylation sites (tertiary alicyclic amines) is 1. The second kappa shape index (κ2) is 5.60. The fourth-order valence-electron chi connectivity index (χ4n) is 2.57. The van der Waals surface area contributed by atoms with E-state index in [9.17, 15) is 9.59 Å². The zero-order valence-electron chi connectivity index (χ0n) is 10.1. The Morgan fingerprint density at radius 2 is 2.12 bits per heavy atom. The maximum absolute atomic E-state index is 12.0. The van der Waals surface area contributed by atoms with E-state index in [0.717, 1.165) is 25.8 Å². The summed E-state index contributed by atoms with van der Waals surface area (Å²) in [6.07, 6.45) is 2.64. The molecule has 0 aromatic heterocycles. The van der Waals surface area contributed by atoms with Gasteiger partial charge in [0.25, 0.3) is 0 Å². The lowest BCUT2D eigenvalue weighted by atomic mass is 9.96. The summed E-state index contributed by atoms with van der Waals surface area (Å²) in [7, 11) is 0. The molecule has 2 saturated heterocycles. The molecule has 2 N–H and O–H groups in total. The molecule has 2 aliphatic rings. The normalized spacial score (nSPS) is 30.4. The lowest BCUT2D eigenvalue weighted by molar-refractivity contribution is -0.127. The van der Waals surface area contributed by atoms with Gasteiger partial charge in [0, 0.05) is 19.1 Å². The predicted molar refractivity (Wildman–Crippen MR) is 62.3 cm³/mol. The van der Waals surface area contributed by atoms with Crippen molar-refractivity contribution in [1.29, 1.82) is 0 Å². The van der Waals surface area contributed by atoms with Crippen LogP contribution >= 0.6 is 0 Å². The van der Waals surface area contributed by atoms with Gasteiger partial charge in [-0.05, 0) is 25.8 Å². The quantitative estimate of drug-likeness (QED) is 0.738. The molecule has 2 heterocycles. The van der Waals surface area contributed by atoms with Crippen molar-refractivity contribution in [3.8, 4) is 0 Å². The first-order valence-electron chi connectivity index (χ1n) is 6.29. The average molecular weight is 240 g/mol. The minimum atomic E-state index is -0.244. The Bertz CT molecular complexity index is 300. The van der Waals surface area contributed by atoms with Crippen LogP contribution in [0.2, 0.25) is 0 Å². The summed E-state index contributed by atoms with van der Waals surface area (Å²) in [6.45, 7) is 3.22. The Hall–Kier alpha value is -0.940. The van der Waals surface area contributed by atoms with E-state index >= 15 is 0 Å². The van der Waals surface area contributed by atoms with Crippen molar-refractivity contribution in [2.24, 2.45) is 17.6 Å². The van der Waals surface area contributed by atoms with E-state index in [-0.39, 0.29) is 23.5 Å². The topological polar surface area (TPSA) is 72.6 Å². The molecule has 0 aromatic carbocycles. The number of Topliss-reactive ketones (excluding diaryl/α,β-unsaturated/α-hetero) is 1. The van der Waals surface area contributed by atoms with Crippen LogP contribution in [0.25, 0.3) is 0 Å². The highest BCUT2D eigenvalue weighted by Gasteiger charge is 2.28. The largest absolute Gasteiger partial charge is 0.381 e. The van der Waals surface area contributed by atoms with Gasteiger partial charge in [0.15, 0.2) is 5.78 Å². The average Bonchev–Trinajstić information content (AvgIpc) is 2.82. The number of carbonyl (C=O) groups is 2. The summed E-state index contributed by atoms with van der Waals surface area (Å²) < 4.78 is 5.21. The maximum atomic E-state index is 12.0. The fraction of sp³-hybridized carbons (Fsp3) is 0.833. The van der Waals surface area contributed by atoms with Crippen molar-refractivity contribution >= 4 is 11.7 Å². The lowest BCUT2D eigenvalue weighted by Gasteiger charge is -2.31. The second-order valence-electron chi connectivity index (χ2n) is 5.00. The number of hydrogen-bond acceptors (Lipinski definition) is 4. The Morgan fingerprint density at radius 3 is 2.76 bits per heavy atom. The van der Waals surface area contributed by atoms with Gasteiger partial charge in [-0.15, -0.1) is 0 Å². The standard InChI is InChI=1S/C12H20N2O3/c13-12(16)9-2-1-4-14(6-9)7-11(15)10-3-5-17-8-10/h9-10H,1-8H2,(H2,13,16). The van der Waals surface area contributed by atoms with Crippen molar-refractivity contribution in [1.82, 2.24) is 4.90 Å². The summed E-state index contributed by atoms with van der Waals surface area (Å²) in [5.41, 5.74) is 5.31. The number of primary amides is 1. The van der Waals surface area contributed by atoms with Gasteiger partial charge in [0.05, 0.1) is 19.1 Å². The molecule has 17 heavy (non-hydrogen) atoms. The van der Waals surface area contributed by atoms with Crippen molar-refractivity contribution in [3.05, 3.63) is 0 Å². The first-order chi connectivity index (χ1) is 8.16. The van der Waals surface area contributed by atoms with Gasteiger partial charge in [0.2, 0.25) is 5.91 Å². The molecule has 0 saturated carbocycles. The van der Waals surface area contributed by atoms with Crippen molar-refractivity contribution in [2.45, 2.75) is 19.3 Å². The Balaban J connectivity index is 1.81. The molecule has 2 fully saturated rings. The third-order valence-electron chi connectivity index (χ3n) is 3.67. The van der Waals surface area contributed by atoms with Gasteiger partial charge in [-0.3, -0.25) is 14.5 Å². The third-order valence-corrected chi connectivity index (χ3v) is 3.67. The van der Waals surface area contributed by atoms with Gasteiger partial charge in [-0.1, -0.05) is 0 Å². The van der Waals surface area contributed by atoms with Crippen LogP contribution in [0.4, 0.5) is 0 Å². The molecule has 5 nitrogen and oxygen atoms in total. The maximum Gasteiger partial charge on any atom is 0.221 e. The van der Waals surface area contributed by atoms with Crippen LogP contribution in [-0.4, -0.2) is 49.4 Å². The van der Waals surface area contributed by atoms with Gasteiger partial charge in [-0.25, -0.2) is 0 Å². The van der Waals surface area contributed by atoms with Gasteiger partial charge in [0.1, 0.15) is 0 Å². The minimum Gasteiger partial charge on any atom is -0.381 e. The molecule has 5 heteroatoms. The number of carbonyl (C=O) groups excluding carboxylic acids is 2. The molecule has 2 atom stereocenters. The lowest BCUT2D eigenvalue weighted by Crippen LogP contribution is -2.44. The highest BCUT2D eigenvalue weighted by molar-refractivity contribution is 5.83. The van der Waals surface area contributed by atoms with Crippen molar-refractivity contribution < 1.29 is 14.3 Å². The van der Waals surface area contributed by atoms with Gasteiger partial charge >= 0.3 is 0 Å². The number of rotatable bonds is 4. The number of ether oxygens (including phenoxy) is 1.